The Labute approximate surface area is 196 Å². The maximum absolute atomic E-state index is 12.4. The van der Waals surface area contributed by atoms with E-state index in [2.05, 4.69) is 57.1 Å². The van der Waals surface area contributed by atoms with Crippen molar-refractivity contribution in [2.75, 3.05) is 0 Å². The number of benzene rings is 2. The Bertz CT molecular complexity index is 1170. The molecule has 3 rings (SSSR count). The highest BCUT2D eigenvalue weighted by Gasteiger charge is 2.26. The monoisotopic (exact) mass is 448 g/mol. The summed E-state index contributed by atoms with van der Waals surface area (Å²) in [6, 6.07) is 9.95. The molecule has 0 aliphatic heterocycles. The highest BCUT2D eigenvalue weighted by atomic mass is 16.3. The third-order valence-electron chi connectivity index (χ3n) is 5.96. The lowest BCUT2D eigenvalue weighted by Gasteiger charge is -2.28. The molecule has 1 amide bonds. The summed E-state index contributed by atoms with van der Waals surface area (Å²) < 4.78 is 2.04. The summed E-state index contributed by atoms with van der Waals surface area (Å²) in [4.78, 5) is 16.9. The van der Waals surface area contributed by atoms with Gasteiger partial charge in [-0.15, -0.1) is 0 Å². The molecule has 0 saturated carbocycles. The van der Waals surface area contributed by atoms with Crippen molar-refractivity contribution in [1.29, 1.82) is 0 Å². The molecule has 2 aromatic carbocycles. The van der Waals surface area contributed by atoms with Gasteiger partial charge >= 0.3 is 0 Å². The molecular formula is C27H36N4O2. The average molecular weight is 449 g/mol. The summed E-state index contributed by atoms with van der Waals surface area (Å²) in [6.45, 7) is 14.5. The smallest absolute Gasteiger partial charge is 0.240 e. The van der Waals surface area contributed by atoms with Gasteiger partial charge in [0, 0.05) is 13.5 Å². The number of hydrazone groups is 1. The Hall–Kier alpha value is -3.15. The SMILES string of the molecule is Cc1nc2cc(/C=N/NC(=O)CCc3cc(C(C)(C)C)c(O)c(C(C)(C)C)c3)ccc2n1C. The third kappa shape index (κ3) is 5.62. The number of hydrogen-bond donors (Lipinski definition) is 2. The second kappa shape index (κ2) is 9.00. The first-order valence-corrected chi connectivity index (χ1v) is 11.4. The molecule has 0 radical (unpaired) electrons. The molecule has 0 spiro atoms. The number of phenolic OH excluding ortho intramolecular Hbond substituents is 1. The Balaban J connectivity index is 1.68. The number of carbonyl (C=O) groups excluding carboxylic acids is 1. The number of imidazole rings is 1. The molecule has 0 aliphatic carbocycles. The number of nitrogens with zero attached hydrogens (tertiary/aromatic N) is 3. The highest BCUT2D eigenvalue weighted by molar-refractivity contribution is 5.88. The van der Waals surface area contributed by atoms with Crippen molar-refractivity contribution in [2.24, 2.45) is 12.1 Å². The van der Waals surface area contributed by atoms with E-state index in [9.17, 15) is 9.90 Å². The molecule has 1 heterocycles. The molecule has 0 unspecified atom stereocenters. The molecule has 6 nitrogen and oxygen atoms in total. The molecule has 0 fully saturated rings. The van der Waals surface area contributed by atoms with E-state index in [0.29, 0.717) is 18.6 Å². The quantitative estimate of drug-likeness (QED) is 0.412. The van der Waals surface area contributed by atoms with Crippen molar-refractivity contribution in [3.8, 4) is 5.75 Å². The number of aryl methyl sites for hydroxylation is 3. The zero-order valence-electron chi connectivity index (χ0n) is 21.1. The number of nitrogens with one attached hydrogen (secondary N) is 1. The molecule has 176 valence electrons. The number of carbonyl (C=O) groups is 1. The summed E-state index contributed by atoms with van der Waals surface area (Å²) in [7, 11) is 1.99. The fraction of sp³-hybridized carbons (Fsp3) is 0.444. The number of phenols is 1. The molecule has 6 heteroatoms. The van der Waals surface area contributed by atoms with Crippen LogP contribution in [0.4, 0.5) is 0 Å². The van der Waals surface area contributed by atoms with Crippen LogP contribution in [0.5, 0.6) is 5.75 Å². The minimum Gasteiger partial charge on any atom is -0.507 e. The first-order valence-electron chi connectivity index (χ1n) is 11.4. The van der Waals surface area contributed by atoms with Gasteiger partial charge in [-0.1, -0.05) is 59.7 Å². The van der Waals surface area contributed by atoms with Crippen LogP contribution in [0.15, 0.2) is 35.4 Å². The van der Waals surface area contributed by atoms with Crippen molar-refractivity contribution in [3.63, 3.8) is 0 Å². The molecule has 0 saturated heterocycles. The lowest BCUT2D eigenvalue weighted by molar-refractivity contribution is -0.121. The van der Waals surface area contributed by atoms with Crippen molar-refractivity contribution in [3.05, 3.63) is 58.4 Å². The molecular weight excluding hydrogens is 412 g/mol. The third-order valence-corrected chi connectivity index (χ3v) is 5.96. The molecule has 0 aliphatic rings. The normalized spacial score (nSPS) is 12.6. The van der Waals surface area contributed by atoms with Crippen LogP contribution in [0.25, 0.3) is 11.0 Å². The van der Waals surface area contributed by atoms with Gasteiger partial charge in [-0.05, 0) is 58.6 Å². The van der Waals surface area contributed by atoms with E-state index in [1.165, 1.54) is 0 Å². The van der Waals surface area contributed by atoms with E-state index in [1.54, 1.807) is 6.21 Å². The van der Waals surface area contributed by atoms with E-state index in [-0.39, 0.29) is 16.7 Å². The van der Waals surface area contributed by atoms with Gasteiger partial charge in [-0.25, -0.2) is 10.4 Å². The van der Waals surface area contributed by atoms with Crippen molar-refractivity contribution in [2.45, 2.75) is 72.1 Å². The number of rotatable bonds is 5. The van der Waals surface area contributed by atoms with E-state index < -0.39 is 0 Å². The average Bonchev–Trinajstić information content (AvgIpc) is 2.98. The van der Waals surface area contributed by atoms with E-state index in [1.807, 2.05) is 48.9 Å². The molecule has 33 heavy (non-hydrogen) atoms. The second-order valence-corrected chi connectivity index (χ2v) is 10.8. The first kappa shape index (κ1) is 24.5. The first-order chi connectivity index (χ1) is 15.3. The Morgan fingerprint density at radius 3 is 2.27 bits per heavy atom. The van der Waals surface area contributed by atoms with Gasteiger partial charge in [-0.3, -0.25) is 4.79 Å². The lowest BCUT2D eigenvalue weighted by atomic mass is 9.78. The van der Waals surface area contributed by atoms with E-state index in [4.69, 9.17) is 0 Å². The van der Waals surface area contributed by atoms with Crippen molar-refractivity contribution >= 4 is 23.2 Å². The van der Waals surface area contributed by atoms with Gasteiger partial charge in [0.2, 0.25) is 5.91 Å². The number of hydrogen-bond acceptors (Lipinski definition) is 4. The van der Waals surface area contributed by atoms with E-state index in [0.717, 1.165) is 39.1 Å². The lowest BCUT2D eigenvalue weighted by Crippen LogP contribution is -2.20. The van der Waals surface area contributed by atoms with Crippen LogP contribution in [0.2, 0.25) is 0 Å². The largest absolute Gasteiger partial charge is 0.507 e. The Morgan fingerprint density at radius 2 is 1.70 bits per heavy atom. The maximum Gasteiger partial charge on any atom is 0.240 e. The Morgan fingerprint density at radius 1 is 1.09 bits per heavy atom. The molecule has 0 bridgehead atoms. The van der Waals surface area contributed by atoms with Crippen LogP contribution in [-0.4, -0.2) is 26.8 Å². The van der Waals surface area contributed by atoms with Crippen LogP contribution in [-0.2, 0) is 29.1 Å². The van der Waals surface area contributed by atoms with Gasteiger partial charge in [-0.2, -0.15) is 5.10 Å². The van der Waals surface area contributed by atoms with Gasteiger partial charge in [0.1, 0.15) is 11.6 Å². The van der Waals surface area contributed by atoms with Gasteiger partial charge in [0.05, 0.1) is 17.2 Å². The van der Waals surface area contributed by atoms with Crippen LogP contribution in [0, 0.1) is 6.92 Å². The van der Waals surface area contributed by atoms with Gasteiger partial charge in [0.15, 0.2) is 0 Å². The standard InChI is InChI=1S/C27H36N4O2/c1-17-29-22-15-19(9-11-23(22)31(17)8)16-28-30-24(32)12-10-18-13-20(26(2,3)4)25(33)21(14-18)27(5,6)7/h9,11,13-16,33H,10,12H2,1-8H3,(H,30,32)/b28-16+. The van der Waals surface area contributed by atoms with Crippen molar-refractivity contribution < 1.29 is 9.90 Å². The summed E-state index contributed by atoms with van der Waals surface area (Å²) in [6.07, 6.45) is 2.53. The minimum absolute atomic E-state index is 0.149. The Kier molecular flexibility index (Phi) is 6.68. The molecule has 3 aromatic rings. The highest BCUT2D eigenvalue weighted by Crippen LogP contribution is 2.40. The van der Waals surface area contributed by atoms with Gasteiger partial charge in [0.25, 0.3) is 0 Å². The van der Waals surface area contributed by atoms with Gasteiger partial charge < -0.3 is 9.67 Å². The zero-order chi connectivity index (χ0) is 24.6. The van der Waals surface area contributed by atoms with Crippen LogP contribution >= 0.6 is 0 Å². The molecule has 2 N–H and O–H groups in total. The van der Waals surface area contributed by atoms with E-state index >= 15 is 0 Å². The van der Waals surface area contributed by atoms with Crippen molar-refractivity contribution in [1.82, 2.24) is 15.0 Å². The summed E-state index contributed by atoms with van der Waals surface area (Å²) in [5, 5.41) is 15.0. The number of amides is 1. The molecule has 1 aromatic heterocycles. The fourth-order valence-electron chi connectivity index (χ4n) is 3.89. The topological polar surface area (TPSA) is 79.5 Å². The number of aromatic nitrogens is 2. The molecule has 0 atom stereocenters. The maximum atomic E-state index is 12.4. The van der Waals surface area contributed by atoms with Crippen LogP contribution in [0.1, 0.15) is 76.0 Å². The zero-order valence-corrected chi connectivity index (χ0v) is 21.1. The minimum atomic E-state index is -0.195. The second-order valence-electron chi connectivity index (χ2n) is 10.8. The number of fused-ring (bicyclic) bond motifs is 1. The predicted octanol–water partition coefficient (Wildman–Crippen LogP) is 5.27. The fourth-order valence-corrected chi connectivity index (χ4v) is 3.89. The predicted molar refractivity (Wildman–Crippen MR) is 135 cm³/mol. The summed E-state index contributed by atoms with van der Waals surface area (Å²) >= 11 is 0. The van der Waals surface area contributed by atoms with Crippen LogP contribution in [0.3, 0.4) is 0 Å². The summed E-state index contributed by atoms with van der Waals surface area (Å²) in [5.74, 6) is 1.16. The number of aromatic hydroxyl groups is 1. The summed E-state index contributed by atoms with van der Waals surface area (Å²) in [5.41, 5.74) is 7.93. The van der Waals surface area contributed by atoms with Crippen LogP contribution < -0.4 is 5.43 Å².